The number of amides is 1. The summed E-state index contributed by atoms with van der Waals surface area (Å²) in [5, 5.41) is 3.62. The summed E-state index contributed by atoms with van der Waals surface area (Å²) in [7, 11) is 0. The number of hydrogen-bond acceptors (Lipinski definition) is 3. The summed E-state index contributed by atoms with van der Waals surface area (Å²) < 4.78 is 5.97. The molecule has 4 nitrogen and oxygen atoms in total. The van der Waals surface area contributed by atoms with Crippen LogP contribution in [0.4, 0.5) is 0 Å². The largest absolute Gasteiger partial charge is 0.481 e. The van der Waals surface area contributed by atoms with Gasteiger partial charge in [-0.05, 0) is 50.3 Å². The summed E-state index contributed by atoms with van der Waals surface area (Å²) in [6.45, 7) is 5.72. The first-order valence-electron chi connectivity index (χ1n) is 8.44. The molecule has 3 unspecified atom stereocenters. The summed E-state index contributed by atoms with van der Waals surface area (Å²) in [5.74, 6) is 0.924. The molecule has 2 heterocycles. The number of benzene rings is 1. The second-order valence-electron chi connectivity index (χ2n) is 6.54. The van der Waals surface area contributed by atoms with Gasteiger partial charge < -0.3 is 15.0 Å². The van der Waals surface area contributed by atoms with Gasteiger partial charge in [0.1, 0.15) is 5.75 Å². The zero-order valence-corrected chi connectivity index (χ0v) is 14.8. The number of nitrogens with zero attached hydrogens (tertiary/aromatic N) is 1. The Balaban J connectivity index is 0.00000192. The van der Waals surface area contributed by atoms with Crippen molar-refractivity contribution in [1.29, 1.82) is 0 Å². The quantitative estimate of drug-likeness (QED) is 0.917. The molecule has 0 aromatic heterocycles. The lowest BCUT2D eigenvalue weighted by molar-refractivity contribution is -0.139. The normalized spacial score (nSPS) is 24.5. The minimum atomic E-state index is -0.376. The number of ether oxygens (including phenoxy) is 1. The molecule has 1 amide bonds. The lowest BCUT2D eigenvalue weighted by Gasteiger charge is -2.28. The summed E-state index contributed by atoms with van der Waals surface area (Å²) in [6, 6.07) is 8.98. The highest BCUT2D eigenvalue weighted by Gasteiger charge is 2.33. The lowest BCUT2D eigenvalue weighted by Crippen LogP contribution is -2.45. The van der Waals surface area contributed by atoms with E-state index < -0.39 is 0 Å². The number of halogens is 1. The van der Waals surface area contributed by atoms with Gasteiger partial charge in [-0.2, -0.15) is 0 Å². The number of likely N-dealkylation sites (tertiary alicyclic amines) is 1. The Hall–Kier alpha value is -1.26. The van der Waals surface area contributed by atoms with E-state index in [-0.39, 0.29) is 24.4 Å². The molecule has 23 heavy (non-hydrogen) atoms. The fourth-order valence-electron chi connectivity index (χ4n) is 3.51. The van der Waals surface area contributed by atoms with Gasteiger partial charge in [-0.15, -0.1) is 12.4 Å². The lowest BCUT2D eigenvalue weighted by atomic mass is 10.1. The van der Waals surface area contributed by atoms with E-state index in [4.69, 9.17) is 4.74 Å². The SMILES string of the molecule is CCC(Oc1cccc(C)c1)C(=O)N1CCC2CCC(C1)N2.Cl. The number of carbonyl (C=O) groups is 1. The van der Waals surface area contributed by atoms with Gasteiger partial charge in [0.2, 0.25) is 0 Å². The zero-order valence-electron chi connectivity index (χ0n) is 14.0. The molecule has 2 aliphatic rings. The van der Waals surface area contributed by atoms with E-state index in [1.54, 1.807) is 0 Å². The number of aryl methyl sites for hydroxylation is 1. The molecule has 1 N–H and O–H groups in total. The Bertz CT molecular complexity index is 538. The fourth-order valence-corrected chi connectivity index (χ4v) is 3.51. The van der Waals surface area contributed by atoms with Crippen molar-refractivity contribution in [3.63, 3.8) is 0 Å². The molecule has 2 fully saturated rings. The van der Waals surface area contributed by atoms with Gasteiger partial charge in [0.25, 0.3) is 5.91 Å². The Morgan fingerprint density at radius 3 is 2.87 bits per heavy atom. The van der Waals surface area contributed by atoms with Gasteiger partial charge in [0, 0.05) is 25.2 Å². The van der Waals surface area contributed by atoms with E-state index >= 15 is 0 Å². The van der Waals surface area contributed by atoms with Crippen LogP contribution in [0.2, 0.25) is 0 Å². The van der Waals surface area contributed by atoms with Gasteiger partial charge in [0.05, 0.1) is 0 Å². The second-order valence-corrected chi connectivity index (χ2v) is 6.54. The van der Waals surface area contributed by atoms with E-state index in [9.17, 15) is 4.79 Å². The molecule has 0 spiro atoms. The van der Waals surface area contributed by atoms with Crippen LogP contribution in [0.3, 0.4) is 0 Å². The maximum absolute atomic E-state index is 12.8. The minimum Gasteiger partial charge on any atom is -0.481 e. The molecule has 3 rings (SSSR count). The third-order valence-corrected chi connectivity index (χ3v) is 4.75. The molecule has 128 valence electrons. The maximum Gasteiger partial charge on any atom is 0.263 e. The smallest absolute Gasteiger partial charge is 0.263 e. The molecule has 2 aliphatic heterocycles. The molecule has 2 saturated heterocycles. The van der Waals surface area contributed by atoms with Crippen molar-refractivity contribution in [3.05, 3.63) is 29.8 Å². The van der Waals surface area contributed by atoms with Gasteiger partial charge in [0.15, 0.2) is 6.10 Å². The van der Waals surface area contributed by atoms with Gasteiger partial charge >= 0.3 is 0 Å². The van der Waals surface area contributed by atoms with Gasteiger partial charge in [-0.25, -0.2) is 0 Å². The van der Waals surface area contributed by atoms with Crippen LogP contribution in [0.1, 0.15) is 38.2 Å². The predicted molar refractivity (Wildman–Crippen MR) is 94.3 cm³/mol. The minimum absolute atomic E-state index is 0. The van der Waals surface area contributed by atoms with Gasteiger partial charge in [-0.1, -0.05) is 19.1 Å². The van der Waals surface area contributed by atoms with E-state index in [1.807, 2.05) is 43.0 Å². The maximum atomic E-state index is 12.8. The highest BCUT2D eigenvalue weighted by molar-refractivity contribution is 5.85. The third-order valence-electron chi connectivity index (χ3n) is 4.75. The van der Waals surface area contributed by atoms with Crippen LogP contribution in [-0.2, 0) is 4.79 Å². The zero-order chi connectivity index (χ0) is 15.5. The Labute approximate surface area is 145 Å². The highest BCUT2D eigenvalue weighted by atomic mass is 35.5. The number of nitrogens with one attached hydrogen (secondary N) is 1. The average molecular weight is 339 g/mol. The standard InChI is InChI=1S/C18H26N2O2.ClH/c1-3-17(22-16-6-4-5-13(2)11-16)18(21)20-10-9-14-7-8-15(12-20)19-14;/h4-6,11,14-15,17,19H,3,7-10,12H2,1-2H3;1H. The topological polar surface area (TPSA) is 41.6 Å². The van der Waals surface area contributed by atoms with Crippen LogP contribution in [0, 0.1) is 6.92 Å². The first-order chi connectivity index (χ1) is 10.7. The Morgan fingerprint density at radius 1 is 1.35 bits per heavy atom. The van der Waals surface area contributed by atoms with Crippen molar-refractivity contribution in [3.8, 4) is 5.75 Å². The molecule has 0 aliphatic carbocycles. The van der Waals surface area contributed by atoms with E-state index in [2.05, 4.69) is 5.32 Å². The van der Waals surface area contributed by atoms with Crippen LogP contribution in [-0.4, -0.2) is 42.1 Å². The number of hydrogen-bond donors (Lipinski definition) is 1. The van der Waals surface area contributed by atoms with Crippen molar-refractivity contribution >= 4 is 18.3 Å². The monoisotopic (exact) mass is 338 g/mol. The van der Waals surface area contributed by atoms with Gasteiger partial charge in [-0.3, -0.25) is 4.79 Å². The van der Waals surface area contributed by atoms with E-state index in [0.29, 0.717) is 18.5 Å². The van der Waals surface area contributed by atoms with Crippen LogP contribution < -0.4 is 10.1 Å². The predicted octanol–water partition coefficient (Wildman–Crippen LogP) is 2.93. The molecule has 1 aromatic rings. The summed E-state index contributed by atoms with van der Waals surface area (Å²) in [6.07, 6.45) is 3.82. The third kappa shape index (κ3) is 4.39. The molecule has 0 saturated carbocycles. The highest BCUT2D eigenvalue weighted by Crippen LogP contribution is 2.22. The van der Waals surface area contributed by atoms with E-state index in [1.165, 1.54) is 12.8 Å². The molecule has 2 bridgehead atoms. The second kappa shape index (κ2) is 8.02. The summed E-state index contributed by atoms with van der Waals surface area (Å²) >= 11 is 0. The Morgan fingerprint density at radius 2 is 2.13 bits per heavy atom. The number of fused-ring (bicyclic) bond motifs is 2. The van der Waals surface area contributed by atoms with Crippen LogP contribution >= 0.6 is 12.4 Å². The van der Waals surface area contributed by atoms with Crippen molar-refractivity contribution in [1.82, 2.24) is 10.2 Å². The van der Waals surface area contributed by atoms with Crippen LogP contribution in [0.5, 0.6) is 5.75 Å². The summed E-state index contributed by atoms with van der Waals surface area (Å²) in [4.78, 5) is 14.8. The average Bonchev–Trinajstić information content (AvgIpc) is 2.83. The first-order valence-corrected chi connectivity index (χ1v) is 8.44. The molecule has 5 heteroatoms. The molecule has 3 atom stereocenters. The Kier molecular flexibility index (Phi) is 6.31. The summed E-state index contributed by atoms with van der Waals surface area (Å²) in [5.41, 5.74) is 1.15. The number of carbonyl (C=O) groups excluding carboxylic acids is 1. The van der Waals surface area contributed by atoms with Crippen LogP contribution in [0.15, 0.2) is 24.3 Å². The fraction of sp³-hybridized carbons (Fsp3) is 0.611. The van der Waals surface area contributed by atoms with Crippen molar-refractivity contribution in [2.75, 3.05) is 13.1 Å². The van der Waals surface area contributed by atoms with Crippen molar-refractivity contribution in [2.24, 2.45) is 0 Å². The molecular formula is C18H27ClN2O2. The van der Waals surface area contributed by atoms with Crippen molar-refractivity contribution < 1.29 is 9.53 Å². The molecule has 0 radical (unpaired) electrons. The van der Waals surface area contributed by atoms with Crippen LogP contribution in [0.25, 0.3) is 0 Å². The van der Waals surface area contributed by atoms with Crippen molar-refractivity contribution in [2.45, 2.75) is 57.7 Å². The molecular weight excluding hydrogens is 312 g/mol. The van der Waals surface area contributed by atoms with E-state index in [0.717, 1.165) is 30.8 Å². The number of rotatable bonds is 4. The first kappa shape index (κ1) is 18.1. The molecule has 1 aromatic carbocycles.